The number of fused-ring (bicyclic) bond motifs is 1. The zero-order valence-corrected chi connectivity index (χ0v) is 11.0. The summed E-state index contributed by atoms with van der Waals surface area (Å²) in [5.41, 5.74) is 8.73. The minimum atomic E-state index is -0.121. The largest absolute Gasteiger partial charge is 0.441 e. The Morgan fingerprint density at radius 1 is 1.16 bits per heavy atom. The van der Waals surface area contributed by atoms with Gasteiger partial charge in [0, 0.05) is 17.5 Å². The smallest absolute Gasteiger partial charge is 0.197 e. The fraction of sp³-hybridized carbons (Fsp3) is 0.133. The molecule has 0 aliphatic rings. The van der Waals surface area contributed by atoms with Crippen molar-refractivity contribution in [3.8, 4) is 0 Å². The number of hydrogen-bond donors (Lipinski definition) is 1. The van der Waals surface area contributed by atoms with E-state index >= 15 is 0 Å². The Balaban J connectivity index is 1.85. The van der Waals surface area contributed by atoms with Crippen molar-refractivity contribution in [1.82, 2.24) is 4.98 Å². The molecule has 96 valence electrons. The number of benzene rings is 2. The lowest BCUT2D eigenvalue weighted by Gasteiger charge is -2.08. The van der Waals surface area contributed by atoms with E-state index in [1.165, 1.54) is 0 Å². The lowest BCUT2D eigenvalue weighted by molar-refractivity contribution is 0.502. The first-order valence-electron chi connectivity index (χ1n) is 6.08. The lowest BCUT2D eigenvalue weighted by atomic mass is 10.1. The molecule has 3 rings (SSSR count). The highest BCUT2D eigenvalue weighted by Gasteiger charge is 2.12. The molecule has 19 heavy (non-hydrogen) atoms. The summed E-state index contributed by atoms with van der Waals surface area (Å²) in [7, 11) is 0. The van der Waals surface area contributed by atoms with E-state index in [0.717, 1.165) is 16.7 Å². The fourth-order valence-electron chi connectivity index (χ4n) is 2.04. The summed E-state index contributed by atoms with van der Waals surface area (Å²) >= 11 is 5.92. The molecule has 3 aromatic rings. The topological polar surface area (TPSA) is 52.0 Å². The Bertz CT molecular complexity index is 694. The number of halogens is 1. The Morgan fingerprint density at radius 2 is 1.95 bits per heavy atom. The van der Waals surface area contributed by atoms with Crippen LogP contribution in [-0.4, -0.2) is 4.98 Å². The highest BCUT2D eigenvalue weighted by Crippen LogP contribution is 2.22. The standard InChI is InChI=1S/C15H13ClN2O/c16-11-6-7-14-13(8-11)18-15(19-14)9-12(17)10-4-2-1-3-5-10/h1-8,12H,9,17H2. The molecule has 2 aromatic carbocycles. The third-order valence-electron chi connectivity index (χ3n) is 3.02. The first kappa shape index (κ1) is 12.2. The predicted octanol–water partition coefficient (Wildman–Crippen LogP) is 3.72. The molecule has 1 aromatic heterocycles. The van der Waals surface area contributed by atoms with Gasteiger partial charge in [0.05, 0.1) is 0 Å². The van der Waals surface area contributed by atoms with E-state index in [9.17, 15) is 0 Å². The molecule has 0 radical (unpaired) electrons. The number of aromatic nitrogens is 1. The van der Waals surface area contributed by atoms with E-state index in [4.69, 9.17) is 21.8 Å². The summed E-state index contributed by atoms with van der Waals surface area (Å²) in [5, 5.41) is 0.653. The van der Waals surface area contributed by atoms with Crippen LogP contribution in [0.5, 0.6) is 0 Å². The highest BCUT2D eigenvalue weighted by atomic mass is 35.5. The second-order valence-corrected chi connectivity index (χ2v) is 4.88. The maximum Gasteiger partial charge on any atom is 0.197 e. The van der Waals surface area contributed by atoms with Crippen molar-refractivity contribution in [3.63, 3.8) is 0 Å². The molecule has 0 spiro atoms. The average Bonchev–Trinajstić information content (AvgIpc) is 2.81. The third-order valence-corrected chi connectivity index (χ3v) is 3.25. The van der Waals surface area contributed by atoms with E-state index in [2.05, 4.69) is 4.98 Å². The van der Waals surface area contributed by atoms with Crippen molar-refractivity contribution in [2.45, 2.75) is 12.5 Å². The summed E-state index contributed by atoms with van der Waals surface area (Å²) in [5.74, 6) is 0.633. The molecule has 0 fully saturated rings. The van der Waals surface area contributed by atoms with E-state index in [0.29, 0.717) is 17.3 Å². The minimum Gasteiger partial charge on any atom is -0.441 e. The second-order valence-electron chi connectivity index (χ2n) is 4.44. The molecular formula is C15H13ClN2O. The monoisotopic (exact) mass is 272 g/mol. The van der Waals surface area contributed by atoms with Gasteiger partial charge in [-0.25, -0.2) is 4.98 Å². The molecule has 0 bridgehead atoms. The van der Waals surface area contributed by atoms with Gasteiger partial charge in [0.25, 0.3) is 0 Å². The van der Waals surface area contributed by atoms with Gasteiger partial charge in [0.2, 0.25) is 0 Å². The van der Waals surface area contributed by atoms with Gasteiger partial charge in [-0.05, 0) is 23.8 Å². The maximum absolute atomic E-state index is 6.15. The first-order chi connectivity index (χ1) is 9.22. The van der Waals surface area contributed by atoms with E-state index < -0.39 is 0 Å². The first-order valence-corrected chi connectivity index (χ1v) is 6.45. The molecule has 2 N–H and O–H groups in total. The van der Waals surface area contributed by atoms with Gasteiger partial charge in [0.15, 0.2) is 11.5 Å². The van der Waals surface area contributed by atoms with E-state index in [1.54, 1.807) is 12.1 Å². The summed E-state index contributed by atoms with van der Waals surface area (Å²) in [4.78, 5) is 4.41. The molecule has 1 heterocycles. The molecule has 0 saturated carbocycles. The SMILES string of the molecule is NC(Cc1nc2cc(Cl)ccc2o1)c1ccccc1. The van der Waals surface area contributed by atoms with Crippen LogP contribution in [0.3, 0.4) is 0 Å². The van der Waals surface area contributed by atoms with Crippen LogP contribution in [-0.2, 0) is 6.42 Å². The van der Waals surface area contributed by atoms with E-state index in [1.807, 2.05) is 36.4 Å². The van der Waals surface area contributed by atoms with Gasteiger partial charge in [0.1, 0.15) is 5.52 Å². The van der Waals surface area contributed by atoms with Crippen LogP contribution in [0.25, 0.3) is 11.1 Å². The maximum atomic E-state index is 6.15. The third kappa shape index (κ3) is 2.62. The minimum absolute atomic E-state index is 0.121. The van der Waals surface area contributed by atoms with Crippen LogP contribution in [0.1, 0.15) is 17.5 Å². The molecule has 4 heteroatoms. The zero-order chi connectivity index (χ0) is 13.2. The Morgan fingerprint density at radius 3 is 2.74 bits per heavy atom. The predicted molar refractivity (Wildman–Crippen MR) is 76.1 cm³/mol. The average molecular weight is 273 g/mol. The summed E-state index contributed by atoms with van der Waals surface area (Å²) < 4.78 is 5.67. The van der Waals surface area contributed by atoms with Crippen molar-refractivity contribution >= 4 is 22.7 Å². The molecule has 3 nitrogen and oxygen atoms in total. The zero-order valence-electron chi connectivity index (χ0n) is 10.2. The van der Waals surface area contributed by atoms with Crippen LogP contribution < -0.4 is 5.73 Å². The van der Waals surface area contributed by atoms with Crippen LogP contribution in [0, 0.1) is 0 Å². The fourth-order valence-corrected chi connectivity index (χ4v) is 2.21. The van der Waals surface area contributed by atoms with Gasteiger partial charge in [-0.1, -0.05) is 41.9 Å². The second kappa shape index (κ2) is 5.03. The highest BCUT2D eigenvalue weighted by molar-refractivity contribution is 6.31. The van der Waals surface area contributed by atoms with Crippen molar-refractivity contribution in [2.75, 3.05) is 0 Å². The van der Waals surface area contributed by atoms with E-state index in [-0.39, 0.29) is 6.04 Å². The van der Waals surface area contributed by atoms with Crippen LogP contribution >= 0.6 is 11.6 Å². The molecule has 1 atom stereocenters. The number of nitrogens with two attached hydrogens (primary N) is 1. The van der Waals surface area contributed by atoms with Crippen molar-refractivity contribution in [1.29, 1.82) is 0 Å². The van der Waals surface area contributed by atoms with Crippen LogP contribution in [0.4, 0.5) is 0 Å². The molecule has 0 amide bonds. The van der Waals surface area contributed by atoms with Crippen molar-refractivity contribution < 1.29 is 4.42 Å². The van der Waals surface area contributed by atoms with Gasteiger partial charge < -0.3 is 10.2 Å². The molecule has 0 aliphatic heterocycles. The van der Waals surface area contributed by atoms with Crippen LogP contribution in [0.15, 0.2) is 52.9 Å². The molecular weight excluding hydrogens is 260 g/mol. The number of hydrogen-bond acceptors (Lipinski definition) is 3. The number of nitrogens with zero attached hydrogens (tertiary/aromatic N) is 1. The molecule has 0 saturated heterocycles. The Hall–Kier alpha value is -1.84. The van der Waals surface area contributed by atoms with Crippen LogP contribution in [0.2, 0.25) is 5.02 Å². The number of rotatable bonds is 3. The van der Waals surface area contributed by atoms with Gasteiger partial charge in [-0.3, -0.25) is 0 Å². The molecule has 1 unspecified atom stereocenters. The Kier molecular flexibility index (Phi) is 3.23. The molecule has 0 aliphatic carbocycles. The normalized spacial score (nSPS) is 12.7. The Labute approximate surface area is 116 Å². The van der Waals surface area contributed by atoms with Gasteiger partial charge >= 0.3 is 0 Å². The lowest BCUT2D eigenvalue weighted by Crippen LogP contribution is -2.13. The number of oxazole rings is 1. The van der Waals surface area contributed by atoms with Crippen molar-refractivity contribution in [2.24, 2.45) is 5.73 Å². The summed E-state index contributed by atoms with van der Waals surface area (Å²) in [6, 6.07) is 15.2. The quantitative estimate of drug-likeness (QED) is 0.790. The van der Waals surface area contributed by atoms with Gasteiger partial charge in [-0.2, -0.15) is 0 Å². The van der Waals surface area contributed by atoms with Crippen molar-refractivity contribution in [3.05, 3.63) is 65.0 Å². The summed E-state index contributed by atoms with van der Waals surface area (Å²) in [6.07, 6.45) is 0.566. The summed E-state index contributed by atoms with van der Waals surface area (Å²) in [6.45, 7) is 0. The van der Waals surface area contributed by atoms with Gasteiger partial charge in [-0.15, -0.1) is 0 Å².